The van der Waals surface area contributed by atoms with Crippen LogP contribution in [0.2, 0.25) is 0 Å². The maximum atomic E-state index is 5.54. The van der Waals surface area contributed by atoms with Gasteiger partial charge in [0.1, 0.15) is 17.2 Å². The number of anilines is 1. The summed E-state index contributed by atoms with van der Waals surface area (Å²) in [6.45, 7) is 2.84. The lowest BCUT2D eigenvalue weighted by molar-refractivity contribution is 0.368. The Balaban J connectivity index is 1.51. The summed E-state index contributed by atoms with van der Waals surface area (Å²) in [5, 5.41) is 10.5. The Kier molecular flexibility index (Phi) is 8.07. The predicted octanol–water partition coefficient (Wildman–Crippen LogP) is 3.15. The lowest BCUT2D eigenvalue weighted by Gasteiger charge is -2.33. The number of hydrogen-bond acceptors (Lipinski definition) is 6. The summed E-state index contributed by atoms with van der Waals surface area (Å²) in [5.41, 5.74) is 1.01. The third-order valence-electron chi connectivity index (χ3n) is 5.36. The van der Waals surface area contributed by atoms with E-state index in [4.69, 9.17) is 14.2 Å². The fourth-order valence-corrected chi connectivity index (χ4v) is 4.50. The fourth-order valence-electron chi connectivity index (χ4n) is 3.71. The van der Waals surface area contributed by atoms with Crippen LogP contribution in [0.25, 0.3) is 0 Å². The number of nitrogens with zero attached hydrogens (tertiary/aromatic N) is 2. The lowest BCUT2D eigenvalue weighted by atomic mass is 10.1. The number of benzene rings is 1. The van der Waals surface area contributed by atoms with Gasteiger partial charge in [0.25, 0.3) is 0 Å². The Morgan fingerprint density at radius 1 is 1.13 bits per heavy atom. The normalized spacial score (nSPS) is 15.1. The Hall–Kier alpha value is -2.61. The molecule has 164 valence electrons. The summed E-state index contributed by atoms with van der Waals surface area (Å²) < 4.78 is 16.4. The van der Waals surface area contributed by atoms with Gasteiger partial charge in [-0.2, -0.15) is 0 Å². The number of ether oxygens (including phenoxy) is 3. The van der Waals surface area contributed by atoms with Crippen LogP contribution in [0.3, 0.4) is 0 Å². The monoisotopic (exact) mass is 432 g/mol. The highest BCUT2D eigenvalue weighted by Gasteiger charge is 2.21. The van der Waals surface area contributed by atoms with Crippen molar-refractivity contribution in [2.24, 2.45) is 4.99 Å². The van der Waals surface area contributed by atoms with Crippen molar-refractivity contribution < 1.29 is 14.2 Å². The minimum atomic E-state index is 0.428. The SMILES string of the molecule is CN=C(NCCc1c(OC)cc(OC)cc1OC)NC1CCN(c2cccs2)CC1. The first-order valence-electron chi connectivity index (χ1n) is 10.2. The second kappa shape index (κ2) is 11.0. The molecule has 1 aliphatic heterocycles. The van der Waals surface area contributed by atoms with Crippen molar-refractivity contribution in [1.29, 1.82) is 0 Å². The van der Waals surface area contributed by atoms with E-state index >= 15 is 0 Å². The summed E-state index contributed by atoms with van der Waals surface area (Å²) in [6, 6.07) is 8.50. The van der Waals surface area contributed by atoms with Crippen molar-refractivity contribution in [2.75, 3.05) is 52.9 Å². The predicted molar refractivity (Wildman–Crippen MR) is 124 cm³/mol. The van der Waals surface area contributed by atoms with E-state index in [1.54, 1.807) is 21.3 Å². The molecule has 0 unspecified atom stereocenters. The molecule has 0 amide bonds. The number of nitrogens with one attached hydrogen (secondary N) is 2. The molecule has 1 aliphatic rings. The number of rotatable bonds is 8. The van der Waals surface area contributed by atoms with Crippen molar-refractivity contribution in [3.05, 3.63) is 35.2 Å². The molecule has 0 spiro atoms. The number of hydrogen-bond donors (Lipinski definition) is 2. The van der Waals surface area contributed by atoms with Crippen LogP contribution in [0.4, 0.5) is 5.00 Å². The van der Waals surface area contributed by atoms with Crippen LogP contribution in [-0.4, -0.2) is 60.0 Å². The number of guanidine groups is 1. The van der Waals surface area contributed by atoms with Crippen LogP contribution >= 0.6 is 11.3 Å². The van der Waals surface area contributed by atoms with Crippen LogP contribution in [0.1, 0.15) is 18.4 Å². The molecule has 2 heterocycles. The Bertz CT molecular complexity index is 793. The maximum Gasteiger partial charge on any atom is 0.191 e. The number of methoxy groups -OCH3 is 3. The fraction of sp³-hybridized carbons (Fsp3) is 0.500. The second-order valence-electron chi connectivity index (χ2n) is 7.12. The number of thiophene rings is 1. The smallest absolute Gasteiger partial charge is 0.191 e. The highest BCUT2D eigenvalue weighted by Crippen LogP contribution is 2.34. The van der Waals surface area contributed by atoms with Gasteiger partial charge < -0.3 is 29.7 Å². The second-order valence-corrected chi connectivity index (χ2v) is 8.04. The molecular formula is C22H32N4O3S. The standard InChI is InChI=1S/C22H32N4O3S/c1-23-22(25-16-8-11-26(12-9-16)21-6-5-13-30-21)24-10-7-18-19(28-3)14-17(27-2)15-20(18)29-4/h5-6,13-16H,7-12H2,1-4H3,(H2,23,24,25). The van der Waals surface area contributed by atoms with Crippen molar-refractivity contribution >= 4 is 22.3 Å². The molecule has 0 aliphatic carbocycles. The van der Waals surface area contributed by atoms with Gasteiger partial charge in [-0.15, -0.1) is 11.3 Å². The topological polar surface area (TPSA) is 67.4 Å². The molecule has 3 rings (SSSR count). The molecule has 1 aromatic carbocycles. The Morgan fingerprint density at radius 3 is 2.37 bits per heavy atom. The average Bonchev–Trinajstić information content (AvgIpc) is 3.33. The van der Waals surface area contributed by atoms with Crippen molar-refractivity contribution in [1.82, 2.24) is 10.6 Å². The molecule has 30 heavy (non-hydrogen) atoms. The van der Waals surface area contributed by atoms with Gasteiger partial charge in [0.15, 0.2) is 5.96 Å². The average molecular weight is 433 g/mol. The highest BCUT2D eigenvalue weighted by molar-refractivity contribution is 7.14. The summed E-state index contributed by atoms with van der Waals surface area (Å²) in [7, 11) is 6.77. The van der Waals surface area contributed by atoms with Gasteiger partial charge in [0.2, 0.25) is 0 Å². The third kappa shape index (κ3) is 5.50. The van der Waals surface area contributed by atoms with Gasteiger partial charge in [-0.25, -0.2) is 0 Å². The molecule has 0 saturated carbocycles. The Labute approximate surface area is 183 Å². The van der Waals surface area contributed by atoms with E-state index in [9.17, 15) is 0 Å². The minimum absolute atomic E-state index is 0.428. The molecule has 1 saturated heterocycles. The summed E-state index contributed by atoms with van der Waals surface area (Å²) in [6.07, 6.45) is 2.94. The first kappa shape index (κ1) is 22.1. The number of piperidine rings is 1. The van der Waals surface area contributed by atoms with E-state index in [2.05, 4.69) is 38.0 Å². The zero-order valence-electron chi connectivity index (χ0n) is 18.2. The zero-order chi connectivity index (χ0) is 21.3. The third-order valence-corrected chi connectivity index (χ3v) is 6.29. The zero-order valence-corrected chi connectivity index (χ0v) is 19.1. The molecule has 7 nitrogen and oxygen atoms in total. The molecule has 1 fully saturated rings. The van der Waals surface area contributed by atoms with E-state index < -0.39 is 0 Å². The maximum absolute atomic E-state index is 5.54. The van der Waals surface area contributed by atoms with E-state index in [1.807, 2.05) is 30.5 Å². The largest absolute Gasteiger partial charge is 0.496 e. The first-order chi connectivity index (χ1) is 14.7. The lowest BCUT2D eigenvalue weighted by Crippen LogP contribution is -2.49. The van der Waals surface area contributed by atoms with E-state index in [0.717, 1.165) is 55.4 Å². The Morgan fingerprint density at radius 2 is 1.83 bits per heavy atom. The number of aliphatic imine (C=N–C) groups is 1. The summed E-state index contributed by atoms with van der Waals surface area (Å²) in [4.78, 5) is 6.85. The molecule has 0 atom stereocenters. The first-order valence-corrected chi connectivity index (χ1v) is 11.1. The van der Waals surface area contributed by atoms with Gasteiger partial charge in [0, 0.05) is 50.4 Å². The van der Waals surface area contributed by atoms with Gasteiger partial charge in [-0.1, -0.05) is 0 Å². The molecule has 0 bridgehead atoms. The van der Waals surface area contributed by atoms with Crippen molar-refractivity contribution in [3.63, 3.8) is 0 Å². The van der Waals surface area contributed by atoms with Crippen molar-refractivity contribution in [3.8, 4) is 17.2 Å². The van der Waals surface area contributed by atoms with Gasteiger partial charge in [0.05, 0.1) is 26.3 Å². The molecule has 1 aromatic heterocycles. The van der Waals surface area contributed by atoms with Crippen LogP contribution in [-0.2, 0) is 6.42 Å². The quantitative estimate of drug-likeness (QED) is 0.493. The van der Waals surface area contributed by atoms with Crippen molar-refractivity contribution in [2.45, 2.75) is 25.3 Å². The van der Waals surface area contributed by atoms with Gasteiger partial charge >= 0.3 is 0 Å². The summed E-state index contributed by atoms with van der Waals surface area (Å²) >= 11 is 1.81. The van der Waals surface area contributed by atoms with Crippen LogP contribution < -0.4 is 29.7 Å². The van der Waals surface area contributed by atoms with Crippen LogP contribution in [0.5, 0.6) is 17.2 Å². The molecule has 2 aromatic rings. The molecular weight excluding hydrogens is 400 g/mol. The van der Waals surface area contributed by atoms with E-state index in [0.29, 0.717) is 18.3 Å². The van der Waals surface area contributed by atoms with E-state index in [1.165, 1.54) is 5.00 Å². The minimum Gasteiger partial charge on any atom is -0.496 e. The van der Waals surface area contributed by atoms with Crippen LogP contribution in [0, 0.1) is 0 Å². The van der Waals surface area contributed by atoms with E-state index in [-0.39, 0.29) is 0 Å². The highest BCUT2D eigenvalue weighted by atomic mass is 32.1. The van der Waals surface area contributed by atoms with Crippen LogP contribution in [0.15, 0.2) is 34.6 Å². The molecule has 8 heteroatoms. The molecule has 2 N–H and O–H groups in total. The van der Waals surface area contributed by atoms with Gasteiger partial charge in [-0.3, -0.25) is 4.99 Å². The molecule has 0 radical (unpaired) electrons. The summed E-state index contributed by atoms with van der Waals surface area (Å²) in [5.74, 6) is 3.07. The van der Waals surface area contributed by atoms with Gasteiger partial charge in [-0.05, 0) is 36.8 Å².